The van der Waals surface area contributed by atoms with Crippen LogP contribution in [-0.4, -0.2) is 40.3 Å². The van der Waals surface area contributed by atoms with Crippen molar-refractivity contribution in [3.63, 3.8) is 0 Å². The predicted molar refractivity (Wildman–Crippen MR) is 109 cm³/mol. The van der Waals surface area contributed by atoms with Crippen LogP contribution < -0.4 is 4.74 Å². The van der Waals surface area contributed by atoms with Crippen LogP contribution in [0.1, 0.15) is 40.9 Å². The molecular weight excluding hydrogens is 370 g/mol. The summed E-state index contributed by atoms with van der Waals surface area (Å²) in [6.07, 6.45) is 0. The number of nitro benzene ring substituents is 1. The lowest BCUT2D eigenvalue weighted by atomic mass is 9.90. The van der Waals surface area contributed by atoms with E-state index in [1.807, 2.05) is 57.1 Å². The van der Waals surface area contributed by atoms with Crippen molar-refractivity contribution in [1.82, 2.24) is 9.80 Å². The van der Waals surface area contributed by atoms with Crippen molar-refractivity contribution in [3.8, 4) is 5.75 Å². The molecule has 0 bridgehead atoms. The molecule has 7 nitrogen and oxygen atoms in total. The molecule has 0 spiro atoms. The number of hydrogen-bond acceptors (Lipinski definition) is 5. The van der Waals surface area contributed by atoms with Crippen molar-refractivity contribution >= 4 is 17.3 Å². The molecule has 2 aliphatic heterocycles. The highest BCUT2D eigenvalue weighted by molar-refractivity contribution is 6.04. The van der Waals surface area contributed by atoms with Crippen molar-refractivity contribution in [3.05, 3.63) is 74.5 Å². The molecule has 0 radical (unpaired) electrons. The number of likely N-dealkylation sites (N-methyl/N-ethyl adjacent to an activating group) is 1. The predicted octanol–water partition coefficient (Wildman–Crippen LogP) is 3.96. The molecule has 0 N–H and O–H groups in total. The summed E-state index contributed by atoms with van der Waals surface area (Å²) in [6, 6.07) is 10.6. The number of carbonyl (C=O) groups excluding carboxylic acids is 1. The minimum absolute atomic E-state index is 0.00632. The van der Waals surface area contributed by atoms with Gasteiger partial charge in [0.1, 0.15) is 11.4 Å². The molecule has 2 heterocycles. The van der Waals surface area contributed by atoms with Gasteiger partial charge in [0, 0.05) is 31.3 Å². The third-order valence-electron chi connectivity index (χ3n) is 5.53. The van der Waals surface area contributed by atoms with Gasteiger partial charge in [0.25, 0.3) is 11.6 Å². The van der Waals surface area contributed by atoms with Crippen molar-refractivity contribution in [2.24, 2.45) is 0 Å². The third kappa shape index (κ3) is 2.76. The maximum atomic E-state index is 13.3. The van der Waals surface area contributed by atoms with Gasteiger partial charge in [-0.15, -0.1) is 0 Å². The highest BCUT2D eigenvalue weighted by atomic mass is 16.6. The van der Waals surface area contributed by atoms with Gasteiger partial charge in [0.2, 0.25) is 0 Å². The largest absolute Gasteiger partial charge is 0.481 e. The summed E-state index contributed by atoms with van der Waals surface area (Å²) in [5.41, 5.74) is 3.45. The second-order valence-electron chi connectivity index (χ2n) is 8.09. The number of benzene rings is 2. The van der Waals surface area contributed by atoms with E-state index in [0.29, 0.717) is 34.7 Å². The molecule has 29 heavy (non-hydrogen) atoms. The summed E-state index contributed by atoms with van der Waals surface area (Å²) in [6.45, 7) is 6.00. The molecule has 0 fully saturated rings. The summed E-state index contributed by atoms with van der Waals surface area (Å²) in [4.78, 5) is 28.1. The van der Waals surface area contributed by atoms with Crippen molar-refractivity contribution in [2.75, 3.05) is 14.1 Å². The van der Waals surface area contributed by atoms with Crippen LogP contribution in [0.15, 0.2) is 42.1 Å². The van der Waals surface area contributed by atoms with Gasteiger partial charge in [0.05, 0.1) is 28.4 Å². The molecule has 4 rings (SSSR count). The second-order valence-corrected chi connectivity index (χ2v) is 8.09. The van der Waals surface area contributed by atoms with E-state index >= 15 is 0 Å². The first kappa shape index (κ1) is 19.0. The molecule has 150 valence electrons. The Kier molecular flexibility index (Phi) is 4.15. The van der Waals surface area contributed by atoms with Gasteiger partial charge in [-0.25, -0.2) is 0 Å². The lowest BCUT2D eigenvalue weighted by Crippen LogP contribution is -2.44. The summed E-state index contributed by atoms with van der Waals surface area (Å²) < 4.78 is 6.25. The Morgan fingerprint density at radius 1 is 1.17 bits per heavy atom. The summed E-state index contributed by atoms with van der Waals surface area (Å²) in [5, 5.41) is 11.6. The van der Waals surface area contributed by atoms with Gasteiger partial charge in [-0.1, -0.05) is 18.2 Å². The fraction of sp³-hybridized carbons (Fsp3) is 0.318. The first-order chi connectivity index (χ1) is 13.6. The first-order valence-electron chi connectivity index (χ1n) is 9.42. The highest BCUT2D eigenvalue weighted by Gasteiger charge is 2.43. The van der Waals surface area contributed by atoms with Crippen LogP contribution in [0.5, 0.6) is 5.75 Å². The molecule has 0 saturated heterocycles. The zero-order chi connectivity index (χ0) is 21.1. The fourth-order valence-electron chi connectivity index (χ4n) is 4.43. The van der Waals surface area contributed by atoms with Crippen LogP contribution in [0.4, 0.5) is 5.69 Å². The summed E-state index contributed by atoms with van der Waals surface area (Å²) in [5.74, 6) is 0.437. The molecular formula is C22H23N3O4. The average molecular weight is 393 g/mol. The number of amides is 1. The zero-order valence-electron chi connectivity index (χ0n) is 17.1. The standard InChI is InChI=1S/C22H23N3O4/c1-13-16(25(27)28)10-11-17-18(13)19(20(23(4)5)22(2,3)29-17)24-12-14-8-6-7-9-15(14)21(24)26/h6-11H,12H2,1-5H3. The number of carbonyl (C=O) groups is 1. The Morgan fingerprint density at radius 2 is 1.86 bits per heavy atom. The van der Waals surface area contributed by atoms with Gasteiger partial charge in [0.15, 0.2) is 0 Å². The quantitative estimate of drug-likeness (QED) is 0.583. The van der Waals surface area contributed by atoms with Crippen molar-refractivity contribution in [1.29, 1.82) is 0 Å². The van der Waals surface area contributed by atoms with Crippen LogP contribution in [0.3, 0.4) is 0 Å². The summed E-state index contributed by atoms with van der Waals surface area (Å²) in [7, 11) is 3.79. The third-order valence-corrected chi connectivity index (χ3v) is 5.53. The Morgan fingerprint density at radius 3 is 2.48 bits per heavy atom. The van der Waals surface area contributed by atoms with E-state index in [-0.39, 0.29) is 11.6 Å². The van der Waals surface area contributed by atoms with Crippen LogP contribution in [0.25, 0.3) is 5.70 Å². The fourth-order valence-corrected chi connectivity index (χ4v) is 4.43. The number of hydrogen-bond donors (Lipinski definition) is 0. The number of fused-ring (bicyclic) bond motifs is 2. The number of nitro groups is 1. The molecule has 7 heteroatoms. The Balaban J connectivity index is 2.02. The van der Waals surface area contributed by atoms with E-state index in [4.69, 9.17) is 4.74 Å². The van der Waals surface area contributed by atoms with Crippen LogP contribution in [-0.2, 0) is 6.54 Å². The first-order valence-corrected chi connectivity index (χ1v) is 9.42. The molecule has 0 aliphatic carbocycles. The lowest BCUT2D eigenvalue weighted by molar-refractivity contribution is -0.385. The van der Waals surface area contributed by atoms with Gasteiger partial charge >= 0.3 is 0 Å². The SMILES string of the molecule is Cc1c([N+](=O)[O-])ccc2c1C(N1Cc3ccccc3C1=O)=C(N(C)C)C(C)(C)O2. The second kappa shape index (κ2) is 6.34. The normalized spacial score (nSPS) is 17.0. The minimum Gasteiger partial charge on any atom is -0.481 e. The molecule has 2 aromatic rings. The average Bonchev–Trinajstić information content (AvgIpc) is 2.96. The molecule has 0 aromatic heterocycles. The molecule has 2 aromatic carbocycles. The van der Waals surface area contributed by atoms with E-state index in [2.05, 4.69) is 0 Å². The van der Waals surface area contributed by atoms with Crippen molar-refractivity contribution < 1.29 is 14.5 Å². The van der Waals surface area contributed by atoms with Gasteiger partial charge in [-0.3, -0.25) is 14.9 Å². The minimum atomic E-state index is -0.719. The van der Waals surface area contributed by atoms with Gasteiger partial charge in [-0.2, -0.15) is 0 Å². The Bertz CT molecular complexity index is 1090. The molecule has 1 amide bonds. The number of nitrogens with zero attached hydrogens (tertiary/aromatic N) is 3. The smallest absolute Gasteiger partial charge is 0.273 e. The highest BCUT2D eigenvalue weighted by Crippen LogP contribution is 2.48. The maximum absolute atomic E-state index is 13.3. The van der Waals surface area contributed by atoms with Crippen molar-refractivity contribution in [2.45, 2.75) is 32.9 Å². The summed E-state index contributed by atoms with van der Waals surface area (Å²) >= 11 is 0. The number of ether oxygens (including phenoxy) is 1. The Hall–Kier alpha value is -3.35. The zero-order valence-corrected chi connectivity index (χ0v) is 17.1. The van der Waals surface area contributed by atoms with Gasteiger partial charge in [-0.05, 0) is 38.5 Å². The van der Waals surface area contributed by atoms with E-state index < -0.39 is 10.5 Å². The van der Waals surface area contributed by atoms with E-state index in [1.165, 1.54) is 6.07 Å². The topological polar surface area (TPSA) is 75.9 Å². The molecule has 2 aliphatic rings. The van der Waals surface area contributed by atoms with E-state index in [1.54, 1.807) is 17.9 Å². The molecule has 0 saturated carbocycles. The van der Waals surface area contributed by atoms with E-state index in [0.717, 1.165) is 11.3 Å². The monoisotopic (exact) mass is 393 g/mol. The van der Waals surface area contributed by atoms with Crippen LogP contribution in [0.2, 0.25) is 0 Å². The van der Waals surface area contributed by atoms with E-state index in [9.17, 15) is 14.9 Å². The van der Waals surface area contributed by atoms with Crippen LogP contribution in [0, 0.1) is 17.0 Å². The number of rotatable bonds is 3. The Labute approximate surface area is 169 Å². The molecule has 0 atom stereocenters. The van der Waals surface area contributed by atoms with Crippen LogP contribution >= 0.6 is 0 Å². The maximum Gasteiger partial charge on any atom is 0.273 e. The molecule has 0 unspecified atom stereocenters. The lowest BCUT2D eigenvalue weighted by Gasteiger charge is -2.42. The van der Waals surface area contributed by atoms with Gasteiger partial charge < -0.3 is 14.5 Å².